The molecule has 27 heavy (non-hydrogen) atoms. The van der Waals surface area contributed by atoms with Crippen molar-refractivity contribution in [1.82, 2.24) is 14.8 Å². The van der Waals surface area contributed by atoms with Gasteiger partial charge in [-0.3, -0.25) is 4.79 Å². The fourth-order valence-corrected chi connectivity index (χ4v) is 3.42. The Morgan fingerprint density at radius 3 is 2.59 bits per heavy atom. The third-order valence-electron chi connectivity index (χ3n) is 4.31. The zero-order valence-corrected chi connectivity index (χ0v) is 16.5. The first kappa shape index (κ1) is 19.1. The van der Waals surface area contributed by atoms with Gasteiger partial charge in [-0.2, -0.15) is 0 Å². The number of carbonyl (C=O) groups is 1. The lowest BCUT2D eigenvalue weighted by Crippen LogP contribution is -2.23. The third kappa shape index (κ3) is 4.19. The van der Waals surface area contributed by atoms with Crippen molar-refractivity contribution >= 4 is 23.4 Å². The molecule has 0 fully saturated rings. The van der Waals surface area contributed by atoms with E-state index in [9.17, 15) is 9.18 Å². The summed E-state index contributed by atoms with van der Waals surface area (Å²) in [5.41, 5.74) is 3.09. The summed E-state index contributed by atoms with van der Waals surface area (Å²) < 4.78 is 15.5. The Morgan fingerprint density at radius 1 is 1.15 bits per heavy atom. The van der Waals surface area contributed by atoms with Gasteiger partial charge < -0.3 is 9.88 Å². The lowest BCUT2D eigenvalue weighted by molar-refractivity contribution is -0.115. The van der Waals surface area contributed by atoms with Gasteiger partial charge in [0.25, 0.3) is 0 Å². The van der Waals surface area contributed by atoms with Crippen LogP contribution in [0.25, 0.3) is 11.4 Å². The largest absolute Gasteiger partial charge is 0.325 e. The first-order valence-corrected chi connectivity index (χ1v) is 9.44. The van der Waals surface area contributed by atoms with Gasteiger partial charge in [0.05, 0.1) is 5.25 Å². The van der Waals surface area contributed by atoms with E-state index in [1.165, 1.54) is 17.8 Å². The first-order valence-electron chi connectivity index (χ1n) is 8.56. The molecule has 0 spiro atoms. The smallest absolute Gasteiger partial charge is 0.237 e. The quantitative estimate of drug-likeness (QED) is 0.664. The topological polar surface area (TPSA) is 59.8 Å². The third-order valence-corrected chi connectivity index (χ3v) is 5.45. The van der Waals surface area contributed by atoms with Crippen molar-refractivity contribution in [2.24, 2.45) is 7.05 Å². The zero-order chi connectivity index (χ0) is 19.6. The van der Waals surface area contributed by atoms with E-state index < -0.39 is 5.25 Å². The molecular weight excluding hydrogens is 363 g/mol. The molecule has 0 aliphatic carbocycles. The lowest BCUT2D eigenvalue weighted by atomic mass is 10.1. The van der Waals surface area contributed by atoms with Gasteiger partial charge in [0.2, 0.25) is 5.91 Å². The highest BCUT2D eigenvalue weighted by molar-refractivity contribution is 8.00. The number of thioether (sulfide) groups is 1. The maximum atomic E-state index is 13.6. The molecule has 140 valence electrons. The van der Waals surface area contributed by atoms with Crippen LogP contribution in [0.2, 0.25) is 0 Å². The predicted octanol–water partition coefficient (Wildman–Crippen LogP) is 4.36. The fraction of sp³-hybridized carbons (Fsp3) is 0.250. The highest BCUT2D eigenvalue weighted by Gasteiger charge is 2.20. The number of hydrogen-bond donors (Lipinski definition) is 1. The van der Waals surface area contributed by atoms with Crippen LogP contribution in [0, 0.1) is 19.7 Å². The molecule has 1 aromatic heterocycles. The number of aryl methyl sites for hydroxylation is 2. The molecule has 1 atom stereocenters. The molecule has 0 bridgehead atoms. The van der Waals surface area contributed by atoms with Crippen molar-refractivity contribution in [3.8, 4) is 11.4 Å². The summed E-state index contributed by atoms with van der Waals surface area (Å²) in [4.78, 5) is 12.4. The molecule has 5 nitrogen and oxygen atoms in total. The van der Waals surface area contributed by atoms with Gasteiger partial charge in [0.1, 0.15) is 5.82 Å². The molecule has 0 saturated carbocycles. The number of rotatable bonds is 5. The Balaban J connectivity index is 1.72. The number of carbonyl (C=O) groups excluding carboxylic acids is 1. The van der Waals surface area contributed by atoms with Crippen molar-refractivity contribution in [1.29, 1.82) is 0 Å². The Hall–Kier alpha value is -2.67. The molecule has 1 heterocycles. The van der Waals surface area contributed by atoms with E-state index in [1.54, 1.807) is 26.0 Å². The second-order valence-electron chi connectivity index (χ2n) is 6.39. The highest BCUT2D eigenvalue weighted by Crippen LogP contribution is 2.27. The summed E-state index contributed by atoms with van der Waals surface area (Å²) >= 11 is 1.31. The Morgan fingerprint density at radius 2 is 1.89 bits per heavy atom. The minimum Gasteiger partial charge on any atom is -0.325 e. The standard InChI is InChI=1S/C20H21FN4OS/c1-12-7-5-6-8-16(12)18-23-24-20(25(18)4)27-14(3)19(26)22-15-10-9-13(2)17(21)11-15/h5-11,14H,1-4H3,(H,22,26)/t14-/m1/s1. The van der Waals surface area contributed by atoms with Crippen LogP contribution in [0.3, 0.4) is 0 Å². The molecule has 7 heteroatoms. The first-order chi connectivity index (χ1) is 12.9. The van der Waals surface area contributed by atoms with E-state index in [-0.39, 0.29) is 11.7 Å². The summed E-state index contributed by atoms with van der Waals surface area (Å²) in [5.74, 6) is 0.191. The Kier molecular flexibility index (Phi) is 5.60. The van der Waals surface area contributed by atoms with Crippen LogP contribution in [0.4, 0.5) is 10.1 Å². The van der Waals surface area contributed by atoms with E-state index in [0.29, 0.717) is 16.4 Å². The van der Waals surface area contributed by atoms with Gasteiger partial charge in [0.15, 0.2) is 11.0 Å². The van der Waals surface area contributed by atoms with Crippen molar-refractivity contribution < 1.29 is 9.18 Å². The molecule has 1 N–H and O–H groups in total. The summed E-state index contributed by atoms with van der Waals surface area (Å²) in [5, 5.41) is 11.5. The number of nitrogens with one attached hydrogen (secondary N) is 1. The minimum absolute atomic E-state index is 0.219. The molecule has 0 aliphatic heterocycles. The molecule has 3 aromatic rings. The van der Waals surface area contributed by atoms with E-state index in [1.807, 2.05) is 42.8 Å². The lowest BCUT2D eigenvalue weighted by Gasteiger charge is -2.12. The van der Waals surface area contributed by atoms with Gasteiger partial charge in [-0.25, -0.2) is 4.39 Å². The monoisotopic (exact) mass is 384 g/mol. The average Bonchev–Trinajstić information content (AvgIpc) is 2.99. The van der Waals surface area contributed by atoms with E-state index in [0.717, 1.165) is 17.0 Å². The molecule has 0 unspecified atom stereocenters. The van der Waals surface area contributed by atoms with Crippen LogP contribution < -0.4 is 5.32 Å². The number of halogens is 1. The summed E-state index contributed by atoms with van der Waals surface area (Å²) in [6, 6.07) is 12.6. The highest BCUT2D eigenvalue weighted by atomic mass is 32.2. The predicted molar refractivity (Wildman–Crippen MR) is 106 cm³/mol. The average molecular weight is 384 g/mol. The second-order valence-corrected chi connectivity index (χ2v) is 7.70. The molecule has 2 aromatic carbocycles. The van der Waals surface area contributed by atoms with Gasteiger partial charge in [-0.1, -0.05) is 42.1 Å². The molecule has 1 amide bonds. The molecule has 3 rings (SSSR count). The molecular formula is C20H21FN4OS. The van der Waals surface area contributed by atoms with E-state index in [2.05, 4.69) is 15.5 Å². The van der Waals surface area contributed by atoms with Crippen LogP contribution in [-0.4, -0.2) is 25.9 Å². The summed E-state index contributed by atoms with van der Waals surface area (Å²) in [6.45, 7) is 5.49. The Labute approximate surface area is 162 Å². The number of aromatic nitrogens is 3. The van der Waals surface area contributed by atoms with Crippen molar-refractivity contribution in [2.45, 2.75) is 31.2 Å². The molecule has 0 radical (unpaired) electrons. The van der Waals surface area contributed by atoms with Crippen LogP contribution in [0.5, 0.6) is 0 Å². The van der Waals surface area contributed by atoms with E-state index in [4.69, 9.17) is 0 Å². The van der Waals surface area contributed by atoms with E-state index >= 15 is 0 Å². The van der Waals surface area contributed by atoms with Crippen LogP contribution >= 0.6 is 11.8 Å². The van der Waals surface area contributed by atoms with Crippen LogP contribution in [0.1, 0.15) is 18.1 Å². The number of nitrogens with zero attached hydrogens (tertiary/aromatic N) is 3. The number of amides is 1. The van der Waals surface area contributed by atoms with Gasteiger partial charge in [0, 0.05) is 18.3 Å². The molecule has 0 saturated heterocycles. The number of anilines is 1. The second kappa shape index (κ2) is 7.92. The SMILES string of the molecule is Cc1ccc(NC(=O)[C@@H](C)Sc2nnc(-c3ccccc3C)n2C)cc1F. The van der Waals surface area contributed by atoms with Crippen LogP contribution in [0.15, 0.2) is 47.6 Å². The van der Waals surface area contributed by atoms with Crippen molar-refractivity contribution in [3.63, 3.8) is 0 Å². The minimum atomic E-state index is -0.415. The zero-order valence-electron chi connectivity index (χ0n) is 15.7. The van der Waals surface area contributed by atoms with Gasteiger partial charge >= 0.3 is 0 Å². The maximum absolute atomic E-state index is 13.6. The molecule has 0 aliphatic rings. The van der Waals surface area contributed by atoms with Crippen molar-refractivity contribution in [2.75, 3.05) is 5.32 Å². The van der Waals surface area contributed by atoms with Gasteiger partial charge in [-0.05, 0) is 44.0 Å². The number of benzene rings is 2. The normalized spacial score (nSPS) is 12.0. The summed E-state index contributed by atoms with van der Waals surface area (Å²) in [6.07, 6.45) is 0. The maximum Gasteiger partial charge on any atom is 0.237 e. The Bertz CT molecular complexity index is 986. The van der Waals surface area contributed by atoms with Crippen LogP contribution in [-0.2, 0) is 11.8 Å². The number of hydrogen-bond acceptors (Lipinski definition) is 4. The summed E-state index contributed by atoms with van der Waals surface area (Å²) in [7, 11) is 1.88. The van der Waals surface area contributed by atoms with Gasteiger partial charge in [-0.15, -0.1) is 10.2 Å². The van der Waals surface area contributed by atoms with Crippen molar-refractivity contribution in [3.05, 3.63) is 59.4 Å². The fourth-order valence-electron chi connectivity index (χ4n) is 2.60.